The fraction of sp³-hybridized carbons (Fsp3) is 0.429. The molecule has 2 saturated heterocycles. The Bertz CT molecular complexity index is 1020. The van der Waals surface area contributed by atoms with Crippen LogP contribution < -0.4 is 9.80 Å². The fourth-order valence-electron chi connectivity index (χ4n) is 3.94. The van der Waals surface area contributed by atoms with Gasteiger partial charge in [-0.15, -0.1) is 0 Å². The highest BCUT2D eigenvalue weighted by Gasteiger charge is 2.33. The van der Waals surface area contributed by atoms with Gasteiger partial charge in [-0.2, -0.15) is 0 Å². The van der Waals surface area contributed by atoms with Crippen LogP contribution in [0.2, 0.25) is 0 Å². The van der Waals surface area contributed by atoms with E-state index in [-0.39, 0.29) is 17.6 Å². The zero-order valence-corrected chi connectivity index (χ0v) is 17.9. The molecule has 4 amide bonds. The molecular formula is C21H25N7O3. The molecule has 10 heteroatoms. The molecule has 0 N–H and O–H groups in total. The quantitative estimate of drug-likeness (QED) is 0.732. The van der Waals surface area contributed by atoms with E-state index in [4.69, 9.17) is 0 Å². The molecule has 0 spiro atoms. The maximum absolute atomic E-state index is 12.8. The predicted molar refractivity (Wildman–Crippen MR) is 114 cm³/mol. The Morgan fingerprint density at radius 3 is 2.16 bits per heavy atom. The fourth-order valence-corrected chi connectivity index (χ4v) is 3.94. The number of pyridine rings is 1. The molecule has 0 radical (unpaired) electrons. The third-order valence-corrected chi connectivity index (χ3v) is 5.58. The molecule has 0 bridgehead atoms. The number of amides is 4. The van der Waals surface area contributed by atoms with Gasteiger partial charge in [0.05, 0.1) is 18.1 Å². The van der Waals surface area contributed by atoms with Crippen molar-refractivity contribution in [2.45, 2.75) is 20.8 Å². The summed E-state index contributed by atoms with van der Waals surface area (Å²) in [4.78, 5) is 56.0. The SMILES string of the molecule is CC(=O)N1CCN(c2cnc(C(=O)N3CCN(c4ncc(C)cc4C)CC3)nc2)C1=O. The molecule has 31 heavy (non-hydrogen) atoms. The van der Waals surface area contributed by atoms with Gasteiger partial charge in [0.1, 0.15) is 5.82 Å². The maximum Gasteiger partial charge on any atom is 0.331 e. The molecule has 0 aromatic carbocycles. The maximum atomic E-state index is 12.8. The van der Waals surface area contributed by atoms with Crippen molar-refractivity contribution >= 4 is 29.4 Å². The van der Waals surface area contributed by atoms with Gasteiger partial charge in [-0.05, 0) is 25.0 Å². The summed E-state index contributed by atoms with van der Waals surface area (Å²) in [7, 11) is 0. The van der Waals surface area contributed by atoms with Gasteiger partial charge in [0, 0.05) is 52.4 Å². The zero-order valence-electron chi connectivity index (χ0n) is 17.9. The second kappa shape index (κ2) is 8.29. The van der Waals surface area contributed by atoms with Crippen LogP contribution >= 0.6 is 0 Å². The van der Waals surface area contributed by atoms with Crippen LogP contribution in [0.15, 0.2) is 24.7 Å². The van der Waals surface area contributed by atoms with E-state index < -0.39 is 6.03 Å². The molecular weight excluding hydrogens is 398 g/mol. The summed E-state index contributed by atoms with van der Waals surface area (Å²) in [5.41, 5.74) is 2.72. The van der Waals surface area contributed by atoms with E-state index >= 15 is 0 Å². The minimum absolute atomic E-state index is 0.0944. The number of nitrogens with zero attached hydrogens (tertiary/aromatic N) is 7. The van der Waals surface area contributed by atoms with Crippen LogP contribution in [0.3, 0.4) is 0 Å². The Kier molecular flexibility index (Phi) is 5.53. The van der Waals surface area contributed by atoms with Gasteiger partial charge >= 0.3 is 6.03 Å². The summed E-state index contributed by atoms with van der Waals surface area (Å²) in [5, 5.41) is 0. The zero-order chi connectivity index (χ0) is 22.1. The van der Waals surface area contributed by atoms with Gasteiger partial charge in [-0.1, -0.05) is 6.07 Å². The average molecular weight is 423 g/mol. The van der Waals surface area contributed by atoms with E-state index in [0.29, 0.717) is 45.0 Å². The lowest BCUT2D eigenvalue weighted by Crippen LogP contribution is -2.49. The third-order valence-electron chi connectivity index (χ3n) is 5.58. The monoisotopic (exact) mass is 423 g/mol. The Morgan fingerprint density at radius 1 is 0.903 bits per heavy atom. The Morgan fingerprint density at radius 2 is 1.58 bits per heavy atom. The third kappa shape index (κ3) is 4.05. The smallest absolute Gasteiger partial charge is 0.331 e. The number of aryl methyl sites for hydroxylation is 2. The summed E-state index contributed by atoms with van der Waals surface area (Å²) in [6, 6.07) is 1.71. The predicted octanol–water partition coefficient (Wildman–Crippen LogP) is 1.24. The van der Waals surface area contributed by atoms with E-state index in [1.165, 1.54) is 29.1 Å². The molecule has 0 aliphatic carbocycles. The number of anilines is 2. The summed E-state index contributed by atoms with van der Waals surface area (Å²) in [5.74, 6) is 0.512. The van der Waals surface area contributed by atoms with Gasteiger partial charge in [0.15, 0.2) is 0 Å². The largest absolute Gasteiger partial charge is 0.353 e. The number of carbonyl (C=O) groups excluding carboxylic acids is 3. The van der Waals surface area contributed by atoms with Crippen LogP contribution in [-0.2, 0) is 4.79 Å². The molecule has 2 fully saturated rings. The van der Waals surface area contributed by atoms with Crippen LogP contribution in [0.1, 0.15) is 28.7 Å². The highest BCUT2D eigenvalue weighted by molar-refractivity contribution is 6.04. The van der Waals surface area contributed by atoms with Gasteiger partial charge in [0.2, 0.25) is 11.7 Å². The molecule has 2 aromatic heterocycles. The number of piperazine rings is 1. The summed E-state index contributed by atoms with van der Waals surface area (Å²) < 4.78 is 0. The Balaban J connectivity index is 1.38. The van der Waals surface area contributed by atoms with Gasteiger partial charge in [0.25, 0.3) is 5.91 Å². The molecule has 0 atom stereocenters. The Hall–Kier alpha value is -3.56. The van der Waals surface area contributed by atoms with E-state index in [2.05, 4.69) is 25.9 Å². The lowest BCUT2D eigenvalue weighted by atomic mass is 10.2. The van der Waals surface area contributed by atoms with Crippen molar-refractivity contribution in [2.75, 3.05) is 49.1 Å². The molecule has 162 valence electrons. The second-order valence-corrected chi connectivity index (χ2v) is 7.80. The number of hydrogen-bond donors (Lipinski definition) is 0. The van der Waals surface area contributed by atoms with E-state index in [9.17, 15) is 14.4 Å². The van der Waals surface area contributed by atoms with Gasteiger partial charge < -0.3 is 9.80 Å². The topological polar surface area (TPSA) is 103 Å². The van der Waals surface area contributed by atoms with Crippen molar-refractivity contribution in [1.29, 1.82) is 0 Å². The van der Waals surface area contributed by atoms with Gasteiger partial charge in [-0.3, -0.25) is 19.4 Å². The first-order valence-corrected chi connectivity index (χ1v) is 10.2. The van der Waals surface area contributed by atoms with Crippen molar-refractivity contribution in [1.82, 2.24) is 24.8 Å². The molecule has 10 nitrogen and oxygen atoms in total. The van der Waals surface area contributed by atoms with Crippen LogP contribution in [-0.4, -0.2) is 81.9 Å². The number of urea groups is 1. The number of hydrogen-bond acceptors (Lipinski definition) is 7. The number of rotatable bonds is 3. The van der Waals surface area contributed by atoms with E-state index in [0.717, 1.165) is 16.9 Å². The molecule has 0 unspecified atom stereocenters. The average Bonchev–Trinajstić information content (AvgIpc) is 3.15. The van der Waals surface area contributed by atoms with Crippen molar-refractivity contribution < 1.29 is 14.4 Å². The molecule has 4 rings (SSSR count). The number of imide groups is 1. The van der Waals surface area contributed by atoms with Crippen LogP contribution in [0.5, 0.6) is 0 Å². The van der Waals surface area contributed by atoms with Crippen molar-refractivity contribution in [2.24, 2.45) is 0 Å². The molecule has 2 aliphatic rings. The molecule has 4 heterocycles. The van der Waals surface area contributed by atoms with E-state index in [1.807, 2.05) is 20.0 Å². The van der Waals surface area contributed by atoms with Gasteiger partial charge in [-0.25, -0.2) is 19.7 Å². The van der Waals surface area contributed by atoms with Crippen LogP contribution in [0.25, 0.3) is 0 Å². The minimum atomic E-state index is -0.397. The standard InChI is InChI=1S/C21H25N7O3/c1-14-10-15(2)19(24-11-14)25-4-6-26(7-5-25)20(30)18-22-12-17(13-23-18)28-9-8-27(16(3)29)21(28)31/h10-13H,4-9H2,1-3H3. The lowest BCUT2D eigenvalue weighted by Gasteiger charge is -2.35. The molecule has 2 aromatic rings. The minimum Gasteiger partial charge on any atom is -0.353 e. The summed E-state index contributed by atoms with van der Waals surface area (Å²) in [6.45, 7) is 8.60. The van der Waals surface area contributed by atoms with Crippen molar-refractivity contribution in [3.63, 3.8) is 0 Å². The first-order chi connectivity index (χ1) is 14.8. The van der Waals surface area contributed by atoms with Crippen molar-refractivity contribution in [3.8, 4) is 0 Å². The molecule has 2 aliphatic heterocycles. The normalized spacial score (nSPS) is 16.8. The van der Waals surface area contributed by atoms with Crippen LogP contribution in [0.4, 0.5) is 16.3 Å². The molecule has 0 saturated carbocycles. The lowest BCUT2D eigenvalue weighted by molar-refractivity contribution is -0.125. The summed E-state index contributed by atoms with van der Waals surface area (Å²) >= 11 is 0. The highest BCUT2D eigenvalue weighted by Crippen LogP contribution is 2.21. The number of carbonyl (C=O) groups is 3. The second-order valence-electron chi connectivity index (χ2n) is 7.80. The summed E-state index contributed by atoms with van der Waals surface area (Å²) in [6.07, 6.45) is 4.77. The first kappa shape index (κ1) is 20.7. The Labute approximate surface area is 180 Å². The van der Waals surface area contributed by atoms with Crippen LogP contribution in [0, 0.1) is 13.8 Å². The first-order valence-electron chi connectivity index (χ1n) is 10.2. The highest BCUT2D eigenvalue weighted by atomic mass is 16.2. The number of aromatic nitrogens is 3. The van der Waals surface area contributed by atoms with E-state index in [1.54, 1.807) is 4.90 Å². The van der Waals surface area contributed by atoms with Crippen molar-refractivity contribution in [3.05, 3.63) is 41.6 Å².